The Morgan fingerprint density at radius 2 is 1.88 bits per heavy atom. The third kappa shape index (κ3) is 5.32. The van der Waals surface area contributed by atoms with E-state index in [2.05, 4.69) is 5.32 Å². The van der Waals surface area contributed by atoms with Gasteiger partial charge in [0, 0.05) is 41.6 Å². The molecular weight excluding hydrogens is 455 g/mol. The van der Waals surface area contributed by atoms with Crippen molar-refractivity contribution >= 4 is 23.6 Å². The van der Waals surface area contributed by atoms with Crippen molar-refractivity contribution in [2.75, 3.05) is 19.9 Å². The normalized spacial score (nSPS) is 22.1. The summed E-state index contributed by atoms with van der Waals surface area (Å²) in [7, 11) is 0. The number of nitrogens with one attached hydrogen (secondary N) is 1. The molecule has 1 unspecified atom stereocenters. The predicted molar refractivity (Wildman–Crippen MR) is 127 cm³/mol. The summed E-state index contributed by atoms with van der Waals surface area (Å²) < 4.78 is 24.0. The lowest BCUT2D eigenvalue weighted by Gasteiger charge is -2.34. The van der Waals surface area contributed by atoms with Crippen LogP contribution in [0.15, 0.2) is 47.4 Å². The molecule has 0 radical (unpaired) electrons. The van der Waals surface area contributed by atoms with Gasteiger partial charge < -0.3 is 19.7 Å². The molecule has 1 N–H and O–H groups in total. The standard InChI is InChI=1S/C26H29FN2O4S/c27-19-2-4-20(5-3-19)34-21-9-13-29(14-10-21)25(31)8-12-26(11-7-24(30)28-26)16-18-1-6-22-23(15-18)33-17-32-22/h1-6,15,21H,7-14,16-17H2,(H,28,30). The van der Waals surface area contributed by atoms with Crippen LogP contribution in [0, 0.1) is 5.82 Å². The average Bonchev–Trinajstić information content (AvgIpc) is 3.46. The number of ether oxygens (including phenoxy) is 2. The van der Waals surface area contributed by atoms with Gasteiger partial charge in [-0.05, 0) is 74.1 Å². The van der Waals surface area contributed by atoms with Crippen molar-refractivity contribution in [3.05, 3.63) is 53.8 Å². The average molecular weight is 485 g/mol. The van der Waals surface area contributed by atoms with Gasteiger partial charge in [0.25, 0.3) is 0 Å². The van der Waals surface area contributed by atoms with E-state index in [1.807, 2.05) is 35.2 Å². The first kappa shape index (κ1) is 23.0. The molecule has 0 aromatic heterocycles. The topological polar surface area (TPSA) is 67.9 Å². The van der Waals surface area contributed by atoms with E-state index in [-0.39, 0.29) is 24.4 Å². The summed E-state index contributed by atoms with van der Waals surface area (Å²) in [5.41, 5.74) is 0.662. The highest BCUT2D eigenvalue weighted by Crippen LogP contribution is 2.36. The van der Waals surface area contributed by atoms with Crippen molar-refractivity contribution in [3.63, 3.8) is 0 Å². The number of piperidine rings is 1. The van der Waals surface area contributed by atoms with Crippen LogP contribution in [0.25, 0.3) is 0 Å². The van der Waals surface area contributed by atoms with Crippen molar-refractivity contribution < 1.29 is 23.5 Å². The number of likely N-dealkylation sites (tertiary alicyclic amines) is 1. The first-order valence-electron chi connectivity index (χ1n) is 11.9. The molecule has 180 valence electrons. The minimum absolute atomic E-state index is 0.0480. The monoisotopic (exact) mass is 484 g/mol. The van der Waals surface area contributed by atoms with Crippen LogP contribution in [0.1, 0.15) is 44.1 Å². The van der Waals surface area contributed by atoms with E-state index in [9.17, 15) is 14.0 Å². The molecule has 2 amide bonds. The van der Waals surface area contributed by atoms with Gasteiger partial charge in [-0.25, -0.2) is 4.39 Å². The molecule has 3 aliphatic heterocycles. The highest BCUT2D eigenvalue weighted by atomic mass is 32.2. The van der Waals surface area contributed by atoms with E-state index in [4.69, 9.17) is 9.47 Å². The van der Waals surface area contributed by atoms with E-state index < -0.39 is 5.54 Å². The highest BCUT2D eigenvalue weighted by molar-refractivity contribution is 8.00. The molecule has 34 heavy (non-hydrogen) atoms. The van der Waals surface area contributed by atoms with Gasteiger partial charge in [-0.2, -0.15) is 0 Å². The number of hydrogen-bond acceptors (Lipinski definition) is 5. The van der Waals surface area contributed by atoms with E-state index in [1.54, 1.807) is 11.8 Å². The summed E-state index contributed by atoms with van der Waals surface area (Å²) >= 11 is 1.76. The van der Waals surface area contributed by atoms with Crippen molar-refractivity contribution in [2.45, 2.75) is 60.6 Å². The lowest BCUT2D eigenvalue weighted by molar-refractivity contribution is -0.132. The van der Waals surface area contributed by atoms with E-state index in [1.165, 1.54) is 12.1 Å². The zero-order valence-electron chi connectivity index (χ0n) is 19.1. The Bertz CT molecular complexity index is 1060. The number of carbonyl (C=O) groups excluding carboxylic acids is 2. The van der Waals surface area contributed by atoms with E-state index in [0.717, 1.165) is 54.3 Å². The van der Waals surface area contributed by atoms with Gasteiger partial charge in [-0.15, -0.1) is 11.8 Å². The number of halogens is 1. The van der Waals surface area contributed by atoms with Gasteiger partial charge in [0.05, 0.1) is 0 Å². The summed E-state index contributed by atoms with van der Waals surface area (Å²) in [6, 6.07) is 12.5. The molecule has 0 aliphatic carbocycles. The molecule has 3 aliphatic rings. The number of benzene rings is 2. The fourth-order valence-electron chi connectivity index (χ4n) is 5.06. The van der Waals surface area contributed by atoms with Crippen molar-refractivity contribution in [3.8, 4) is 11.5 Å². The number of thioether (sulfide) groups is 1. The Morgan fingerprint density at radius 3 is 2.62 bits per heavy atom. The van der Waals surface area contributed by atoms with Gasteiger partial charge in [0.1, 0.15) is 5.82 Å². The molecule has 2 fully saturated rings. The molecular formula is C26H29FN2O4S. The molecule has 0 saturated carbocycles. The molecule has 8 heteroatoms. The fourth-order valence-corrected chi connectivity index (χ4v) is 6.18. The van der Waals surface area contributed by atoms with Crippen LogP contribution in [-0.4, -0.2) is 47.4 Å². The molecule has 2 saturated heterocycles. The van der Waals surface area contributed by atoms with Crippen molar-refractivity contribution in [1.29, 1.82) is 0 Å². The summed E-state index contributed by atoms with van der Waals surface area (Å²) in [4.78, 5) is 28.1. The SMILES string of the molecule is O=C1CCC(CCC(=O)N2CCC(Sc3ccc(F)cc3)CC2)(Cc2ccc3c(c2)OCO3)N1. The maximum Gasteiger partial charge on any atom is 0.231 e. The third-order valence-corrected chi connectivity index (χ3v) is 8.29. The van der Waals surface area contributed by atoms with Gasteiger partial charge >= 0.3 is 0 Å². The minimum Gasteiger partial charge on any atom is -0.454 e. The number of carbonyl (C=O) groups is 2. The Balaban J connectivity index is 1.14. The minimum atomic E-state index is -0.406. The number of rotatable bonds is 7. The second-order valence-electron chi connectivity index (χ2n) is 9.34. The van der Waals surface area contributed by atoms with Gasteiger partial charge in [0.15, 0.2) is 11.5 Å². The summed E-state index contributed by atoms with van der Waals surface area (Å²) in [5, 5.41) is 3.60. The molecule has 3 heterocycles. The molecule has 1 atom stereocenters. The van der Waals surface area contributed by atoms with E-state index in [0.29, 0.717) is 30.9 Å². The van der Waals surface area contributed by atoms with Crippen LogP contribution in [0.2, 0.25) is 0 Å². The van der Waals surface area contributed by atoms with Gasteiger partial charge in [-0.3, -0.25) is 9.59 Å². The van der Waals surface area contributed by atoms with Crippen LogP contribution in [0.4, 0.5) is 4.39 Å². The zero-order valence-corrected chi connectivity index (χ0v) is 19.9. The smallest absolute Gasteiger partial charge is 0.231 e. The van der Waals surface area contributed by atoms with Crippen molar-refractivity contribution in [2.24, 2.45) is 0 Å². The molecule has 5 rings (SSSR count). The number of amides is 2. The Morgan fingerprint density at radius 1 is 1.12 bits per heavy atom. The Labute approximate surface area is 203 Å². The van der Waals surface area contributed by atoms with Crippen LogP contribution in [-0.2, 0) is 16.0 Å². The quantitative estimate of drug-likeness (QED) is 0.634. The first-order valence-corrected chi connectivity index (χ1v) is 12.8. The summed E-state index contributed by atoms with van der Waals surface area (Å²) in [6.07, 6.45) is 4.77. The highest BCUT2D eigenvalue weighted by Gasteiger charge is 2.38. The second-order valence-corrected chi connectivity index (χ2v) is 10.7. The van der Waals surface area contributed by atoms with Crippen LogP contribution in [0.3, 0.4) is 0 Å². The molecule has 0 bridgehead atoms. The summed E-state index contributed by atoms with van der Waals surface area (Å²) in [5.74, 6) is 1.45. The number of hydrogen-bond donors (Lipinski definition) is 1. The number of nitrogens with zero attached hydrogens (tertiary/aromatic N) is 1. The molecule has 0 spiro atoms. The second kappa shape index (κ2) is 9.86. The lowest BCUT2D eigenvalue weighted by atomic mass is 9.84. The van der Waals surface area contributed by atoms with Crippen molar-refractivity contribution in [1.82, 2.24) is 10.2 Å². The predicted octanol–water partition coefficient (Wildman–Crippen LogP) is 4.31. The van der Waals surface area contributed by atoms with E-state index >= 15 is 0 Å². The maximum atomic E-state index is 13.1. The zero-order chi connectivity index (χ0) is 23.5. The maximum absolute atomic E-state index is 13.1. The van der Waals surface area contributed by atoms with Gasteiger partial charge in [0.2, 0.25) is 18.6 Å². The third-order valence-electron chi connectivity index (χ3n) is 6.94. The number of fused-ring (bicyclic) bond motifs is 1. The van der Waals surface area contributed by atoms with Crippen LogP contribution >= 0.6 is 11.8 Å². The largest absolute Gasteiger partial charge is 0.454 e. The molecule has 2 aromatic carbocycles. The van der Waals surface area contributed by atoms with Gasteiger partial charge in [-0.1, -0.05) is 6.07 Å². The lowest BCUT2D eigenvalue weighted by Crippen LogP contribution is -2.45. The first-order chi connectivity index (χ1) is 16.5. The fraction of sp³-hybridized carbons (Fsp3) is 0.462. The molecule has 6 nitrogen and oxygen atoms in total. The molecule has 2 aromatic rings. The summed E-state index contributed by atoms with van der Waals surface area (Å²) in [6.45, 7) is 1.70. The van der Waals surface area contributed by atoms with Crippen LogP contribution < -0.4 is 14.8 Å². The van der Waals surface area contributed by atoms with Crippen LogP contribution in [0.5, 0.6) is 11.5 Å². The Kier molecular flexibility index (Phi) is 6.68. The Hall–Kier alpha value is -2.74.